The predicted molar refractivity (Wildman–Crippen MR) is 168 cm³/mol. The molecular formula is C27H54N3O3S3Sb. The van der Waals surface area contributed by atoms with Crippen molar-refractivity contribution < 1.29 is 14.4 Å². The van der Waals surface area contributed by atoms with Crippen LogP contribution in [-0.4, -0.2) is 94.1 Å². The molecule has 10 heteroatoms. The molecule has 0 spiro atoms. The second-order valence-electron chi connectivity index (χ2n) is 11.9. The summed E-state index contributed by atoms with van der Waals surface area (Å²) in [5, 5.41) is -0.674. The smallest absolute Gasteiger partial charge is 0.719 e. The van der Waals surface area contributed by atoms with Crippen molar-refractivity contribution in [2.75, 3.05) is 39.3 Å². The van der Waals surface area contributed by atoms with Gasteiger partial charge in [0.1, 0.15) is 15.7 Å². The summed E-state index contributed by atoms with van der Waals surface area (Å²) >= 11 is 13.9. The maximum Gasteiger partial charge on any atom is 3.00 e. The van der Waals surface area contributed by atoms with Crippen molar-refractivity contribution in [2.24, 2.45) is 35.5 Å². The van der Waals surface area contributed by atoms with Crippen LogP contribution in [0.2, 0.25) is 0 Å². The van der Waals surface area contributed by atoms with Crippen LogP contribution in [0.1, 0.15) is 83.1 Å². The number of carbonyl (C=O) groups is 3. The van der Waals surface area contributed by atoms with Gasteiger partial charge in [-0.1, -0.05) is 83.1 Å². The molecule has 0 aliphatic carbocycles. The minimum absolute atomic E-state index is 0. The first-order valence-electron chi connectivity index (χ1n) is 13.2. The summed E-state index contributed by atoms with van der Waals surface area (Å²) < 4.78 is 0. The van der Waals surface area contributed by atoms with Crippen LogP contribution in [0, 0.1) is 35.5 Å². The Hall–Kier alpha value is -0.112. The zero-order valence-corrected chi connectivity index (χ0v) is 30.4. The summed E-state index contributed by atoms with van der Waals surface area (Å²) in [6, 6.07) is 0. The van der Waals surface area contributed by atoms with Gasteiger partial charge in [0.15, 0.2) is 0 Å². The van der Waals surface area contributed by atoms with Gasteiger partial charge in [0.05, 0.1) is 0 Å². The number of nitrogens with zero attached hydrogens (tertiary/aromatic N) is 3. The molecule has 0 bridgehead atoms. The van der Waals surface area contributed by atoms with E-state index in [4.69, 9.17) is 0 Å². The van der Waals surface area contributed by atoms with Gasteiger partial charge in [-0.25, -0.2) is 0 Å². The van der Waals surface area contributed by atoms with Gasteiger partial charge in [-0.3, -0.25) is 0 Å². The van der Waals surface area contributed by atoms with Gasteiger partial charge in [0, 0.05) is 39.3 Å². The average Bonchev–Trinajstić information content (AvgIpc) is 2.65. The minimum atomic E-state index is -0.225. The molecule has 0 heterocycles. The van der Waals surface area contributed by atoms with Gasteiger partial charge >= 0.3 is 24.4 Å². The molecule has 0 saturated heterocycles. The molecule has 0 N–H and O–H groups in total. The quantitative estimate of drug-likeness (QED) is 0.175. The summed E-state index contributed by atoms with van der Waals surface area (Å²) in [7, 11) is 0. The van der Waals surface area contributed by atoms with Crippen molar-refractivity contribution in [3.05, 3.63) is 0 Å². The molecule has 0 aliphatic rings. The molecule has 37 heavy (non-hydrogen) atoms. The third-order valence-corrected chi connectivity index (χ3v) is 5.06. The summed E-state index contributed by atoms with van der Waals surface area (Å²) in [5.41, 5.74) is 0. The first kappa shape index (κ1) is 43.9. The second kappa shape index (κ2) is 24.9. The molecule has 2 radical (unpaired) electrons. The van der Waals surface area contributed by atoms with Gasteiger partial charge in [-0.05, 0) is 35.5 Å². The molecule has 0 atom stereocenters. The molecule has 218 valence electrons. The van der Waals surface area contributed by atoms with Crippen molar-refractivity contribution >= 4 is 78.0 Å². The molecule has 0 aliphatic heterocycles. The fraction of sp³-hybridized carbons (Fsp3) is 0.889. The molecule has 0 unspecified atom stereocenters. The fourth-order valence-electron chi connectivity index (χ4n) is 3.32. The van der Waals surface area contributed by atoms with Gasteiger partial charge in [0.2, 0.25) is 0 Å². The Morgan fingerprint density at radius 1 is 0.405 bits per heavy atom. The number of rotatable bonds is 12. The van der Waals surface area contributed by atoms with E-state index in [1.54, 1.807) is 14.7 Å². The van der Waals surface area contributed by atoms with E-state index in [9.17, 15) is 14.4 Å². The van der Waals surface area contributed by atoms with E-state index in [2.05, 4.69) is 121 Å². The maximum absolute atomic E-state index is 11.0. The van der Waals surface area contributed by atoms with E-state index in [0.717, 1.165) is 39.3 Å². The Kier molecular flexibility index (Phi) is 29.6. The average molecular weight is 687 g/mol. The zero-order chi connectivity index (χ0) is 29.2. The summed E-state index contributed by atoms with van der Waals surface area (Å²) in [6.07, 6.45) is 0. The van der Waals surface area contributed by atoms with E-state index in [1.807, 2.05) is 0 Å². The molecular weight excluding hydrogens is 632 g/mol. The fourth-order valence-corrected chi connectivity index (χ4v) is 3.76. The van der Waals surface area contributed by atoms with Gasteiger partial charge in [-0.15, -0.1) is 0 Å². The molecule has 3 amide bonds. The van der Waals surface area contributed by atoms with Crippen LogP contribution < -0.4 is 0 Å². The van der Waals surface area contributed by atoms with Gasteiger partial charge < -0.3 is 67.0 Å². The van der Waals surface area contributed by atoms with Crippen LogP contribution >= 0.6 is 0 Å². The van der Waals surface area contributed by atoms with Gasteiger partial charge in [0.25, 0.3) is 0 Å². The molecule has 0 saturated carbocycles. The number of hydrogen-bond acceptors (Lipinski definition) is 6. The molecule has 0 fully saturated rings. The predicted octanol–water partition coefficient (Wildman–Crippen LogP) is 6.42. The Bertz CT molecular complexity index is 494. The SMILES string of the molecule is CC(C)CN(CC(C)C)C(=O)[S-].CC(C)CN(CC(C)C)C(=O)[S-].CC(C)CN(CC(C)C)C(=O)[S-].[Sb+3]. The van der Waals surface area contributed by atoms with E-state index < -0.39 is 0 Å². The molecule has 6 nitrogen and oxygen atoms in total. The standard InChI is InChI=1S/3C9H19NOS.Sb/c3*1-7(2)5-10(9(11)12)6-8(3)4;/h3*7-8H,5-6H2,1-4H3,(H,11,12);/q;;;+3/p-3. The normalized spacial score (nSPS) is 10.5. The maximum atomic E-state index is 11.0. The minimum Gasteiger partial charge on any atom is -0.719 e. The molecule has 0 aromatic heterocycles. The van der Waals surface area contributed by atoms with Crippen molar-refractivity contribution in [3.8, 4) is 0 Å². The third-order valence-electron chi connectivity index (χ3n) is 4.29. The molecule has 0 rings (SSSR count). The second-order valence-corrected chi connectivity index (χ2v) is 12.9. The van der Waals surface area contributed by atoms with Crippen molar-refractivity contribution in [1.29, 1.82) is 0 Å². The van der Waals surface area contributed by atoms with Crippen LogP contribution in [0.4, 0.5) is 14.4 Å². The zero-order valence-electron chi connectivity index (χ0n) is 25.4. The Balaban J connectivity index is -0.000000218. The first-order chi connectivity index (χ1) is 16.3. The molecule has 0 aromatic carbocycles. The van der Waals surface area contributed by atoms with E-state index in [-0.39, 0.29) is 40.1 Å². The van der Waals surface area contributed by atoms with Crippen LogP contribution in [0.15, 0.2) is 0 Å². The Labute approximate surface area is 263 Å². The van der Waals surface area contributed by atoms with Crippen LogP contribution in [0.5, 0.6) is 0 Å². The van der Waals surface area contributed by atoms with E-state index in [1.165, 1.54) is 0 Å². The topological polar surface area (TPSA) is 60.9 Å². The molecule has 0 aromatic rings. The summed E-state index contributed by atoms with van der Waals surface area (Å²) in [6.45, 7) is 29.7. The number of hydrogen-bond donors (Lipinski definition) is 0. The third kappa shape index (κ3) is 32.0. The summed E-state index contributed by atoms with van der Waals surface area (Å²) in [4.78, 5) is 38.1. The number of carbonyl (C=O) groups excluding carboxylic acids is 3. The number of amides is 3. The van der Waals surface area contributed by atoms with Crippen LogP contribution in [-0.2, 0) is 37.9 Å². The van der Waals surface area contributed by atoms with Crippen molar-refractivity contribution in [1.82, 2.24) is 14.7 Å². The van der Waals surface area contributed by atoms with E-state index >= 15 is 0 Å². The summed E-state index contributed by atoms with van der Waals surface area (Å²) in [5.74, 6) is 2.98. The van der Waals surface area contributed by atoms with Gasteiger partial charge in [-0.2, -0.15) is 0 Å². The van der Waals surface area contributed by atoms with Crippen LogP contribution in [0.25, 0.3) is 0 Å². The largest absolute Gasteiger partial charge is 3.00 e. The first-order valence-corrected chi connectivity index (χ1v) is 14.4. The van der Waals surface area contributed by atoms with Crippen molar-refractivity contribution in [2.45, 2.75) is 83.1 Å². The Morgan fingerprint density at radius 3 is 0.568 bits per heavy atom. The van der Waals surface area contributed by atoms with E-state index in [0.29, 0.717) is 35.5 Å². The Morgan fingerprint density at radius 2 is 0.514 bits per heavy atom. The van der Waals surface area contributed by atoms with Crippen LogP contribution in [0.3, 0.4) is 0 Å². The monoisotopic (exact) mass is 685 g/mol. The van der Waals surface area contributed by atoms with Crippen molar-refractivity contribution in [3.63, 3.8) is 0 Å².